The van der Waals surface area contributed by atoms with Gasteiger partial charge in [-0.15, -0.1) is 0 Å². The molecule has 0 radical (unpaired) electrons. The fraction of sp³-hybridized carbons (Fsp3) is 0.350. The third-order valence-electron chi connectivity index (χ3n) is 4.91. The lowest BCUT2D eigenvalue weighted by atomic mass is 9.95. The first-order chi connectivity index (χ1) is 13.3. The van der Waals surface area contributed by atoms with Crippen LogP contribution in [0, 0.1) is 5.82 Å². The Morgan fingerprint density at radius 1 is 1.32 bits per heavy atom. The van der Waals surface area contributed by atoms with Gasteiger partial charge in [0.2, 0.25) is 5.91 Å². The number of rotatable bonds is 3. The molecule has 0 spiro atoms. The van der Waals surface area contributed by atoms with Crippen LogP contribution in [-0.4, -0.2) is 47.9 Å². The van der Waals surface area contributed by atoms with Gasteiger partial charge in [-0.3, -0.25) is 14.6 Å². The number of benzene rings is 1. The molecule has 1 aliphatic heterocycles. The summed E-state index contributed by atoms with van der Waals surface area (Å²) in [6.07, 6.45) is 1.45. The second-order valence-electron chi connectivity index (χ2n) is 6.81. The molecule has 0 saturated carbocycles. The van der Waals surface area contributed by atoms with E-state index in [0.29, 0.717) is 29.2 Å². The summed E-state index contributed by atoms with van der Waals surface area (Å²) < 4.78 is 15.6. The second-order valence-corrected chi connectivity index (χ2v) is 7.25. The molecule has 2 atom stereocenters. The minimum atomic E-state index is -0.473. The maximum atomic E-state index is 15.6. The maximum Gasteiger partial charge on any atom is 0.269 e. The molecule has 0 unspecified atom stereocenters. The monoisotopic (exact) mass is 404 g/mol. The van der Waals surface area contributed by atoms with Gasteiger partial charge in [-0.05, 0) is 36.8 Å². The van der Waals surface area contributed by atoms with E-state index in [1.54, 1.807) is 17.0 Å². The van der Waals surface area contributed by atoms with Gasteiger partial charge in [-0.2, -0.15) is 0 Å². The highest BCUT2D eigenvalue weighted by Crippen LogP contribution is 2.35. The number of hydrogen-bond acceptors (Lipinski definition) is 4. The quantitative estimate of drug-likeness (QED) is 0.825. The largest absolute Gasteiger partial charge is 0.354 e. The Morgan fingerprint density at radius 2 is 2.07 bits per heavy atom. The van der Waals surface area contributed by atoms with Crippen LogP contribution in [0.25, 0.3) is 11.1 Å². The lowest BCUT2D eigenvalue weighted by molar-refractivity contribution is -0.134. The molecule has 3 rings (SSSR count). The SMILES string of the molecule is CNC(=O)c1cc(-c2cc(Cl)cc([C@@H]3CNC[C@@H](C)N3C(C)=O)c2F)ccn1. The van der Waals surface area contributed by atoms with Gasteiger partial charge in [0.15, 0.2) is 0 Å². The molecular formula is C20H22ClFN4O2. The van der Waals surface area contributed by atoms with E-state index in [1.165, 1.54) is 32.3 Å². The smallest absolute Gasteiger partial charge is 0.269 e. The summed E-state index contributed by atoms with van der Waals surface area (Å²) >= 11 is 6.30. The lowest BCUT2D eigenvalue weighted by Gasteiger charge is -2.41. The van der Waals surface area contributed by atoms with E-state index in [2.05, 4.69) is 15.6 Å². The van der Waals surface area contributed by atoms with E-state index in [1.807, 2.05) is 6.92 Å². The summed E-state index contributed by atoms with van der Waals surface area (Å²) in [7, 11) is 1.50. The average Bonchev–Trinajstić information content (AvgIpc) is 2.68. The Bertz CT molecular complexity index is 921. The van der Waals surface area contributed by atoms with Crippen molar-refractivity contribution in [2.24, 2.45) is 0 Å². The van der Waals surface area contributed by atoms with Crippen molar-refractivity contribution in [2.75, 3.05) is 20.1 Å². The van der Waals surface area contributed by atoms with Crippen LogP contribution in [0.1, 0.15) is 35.9 Å². The van der Waals surface area contributed by atoms with Crippen molar-refractivity contribution < 1.29 is 14.0 Å². The van der Waals surface area contributed by atoms with Crippen LogP contribution < -0.4 is 10.6 Å². The van der Waals surface area contributed by atoms with Crippen molar-refractivity contribution in [2.45, 2.75) is 25.9 Å². The highest BCUT2D eigenvalue weighted by Gasteiger charge is 2.33. The highest BCUT2D eigenvalue weighted by molar-refractivity contribution is 6.31. The molecule has 8 heteroatoms. The first-order valence-corrected chi connectivity index (χ1v) is 9.38. The zero-order valence-electron chi connectivity index (χ0n) is 15.9. The molecule has 28 heavy (non-hydrogen) atoms. The molecular weight excluding hydrogens is 383 g/mol. The molecule has 0 aliphatic carbocycles. The van der Waals surface area contributed by atoms with Crippen molar-refractivity contribution in [1.29, 1.82) is 0 Å². The standard InChI is InChI=1S/C20H22ClFN4O2/c1-11-9-24-10-18(26(11)12(2)27)16-8-14(21)7-15(19(16)22)13-4-5-25-17(6-13)20(28)23-3/h4-8,11,18,24H,9-10H2,1-3H3,(H,23,28)/t11-,18+/m1/s1. The van der Waals surface area contributed by atoms with E-state index in [4.69, 9.17) is 11.6 Å². The highest BCUT2D eigenvalue weighted by atomic mass is 35.5. The minimum Gasteiger partial charge on any atom is -0.354 e. The molecule has 1 aromatic heterocycles. The molecule has 0 bridgehead atoms. The van der Waals surface area contributed by atoms with Crippen LogP contribution in [-0.2, 0) is 4.79 Å². The van der Waals surface area contributed by atoms with Gasteiger partial charge in [0.1, 0.15) is 11.5 Å². The average molecular weight is 405 g/mol. The van der Waals surface area contributed by atoms with Crippen LogP contribution in [0.5, 0.6) is 0 Å². The molecule has 2 N–H and O–H groups in total. The third kappa shape index (κ3) is 3.86. The summed E-state index contributed by atoms with van der Waals surface area (Å²) in [4.78, 5) is 29.8. The topological polar surface area (TPSA) is 74.3 Å². The van der Waals surface area contributed by atoms with Crippen LogP contribution >= 0.6 is 11.6 Å². The van der Waals surface area contributed by atoms with E-state index in [-0.39, 0.29) is 29.1 Å². The van der Waals surface area contributed by atoms with Crippen LogP contribution in [0.2, 0.25) is 5.02 Å². The van der Waals surface area contributed by atoms with Gasteiger partial charge in [0, 0.05) is 55.4 Å². The third-order valence-corrected chi connectivity index (χ3v) is 5.13. The van der Waals surface area contributed by atoms with E-state index in [9.17, 15) is 9.59 Å². The Morgan fingerprint density at radius 3 is 2.75 bits per heavy atom. The first-order valence-electron chi connectivity index (χ1n) is 9.00. The van der Waals surface area contributed by atoms with Crippen molar-refractivity contribution in [1.82, 2.24) is 20.5 Å². The predicted molar refractivity (Wildman–Crippen MR) is 106 cm³/mol. The number of halogens is 2. The van der Waals surface area contributed by atoms with Gasteiger partial charge in [-0.25, -0.2) is 4.39 Å². The molecule has 148 valence electrons. The Balaban J connectivity index is 2.11. The second kappa shape index (κ2) is 8.24. The zero-order valence-corrected chi connectivity index (χ0v) is 16.7. The molecule has 1 aromatic carbocycles. The van der Waals surface area contributed by atoms with Gasteiger partial charge in [0.25, 0.3) is 5.91 Å². The molecule has 6 nitrogen and oxygen atoms in total. The number of piperazine rings is 1. The Kier molecular flexibility index (Phi) is 5.96. The normalized spacial score (nSPS) is 19.4. The molecule has 1 fully saturated rings. The van der Waals surface area contributed by atoms with Crippen LogP contribution in [0.4, 0.5) is 4.39 Å². The zero-order chi connectivity index (χ0) is 20.4. The van der Waals surface area contributed by atoms with E-state index >= 15 is 4.39 Å². The van der Waals surface area contributed by atoms with Crippen molar-refractivity contribution in [3.63, 3.8) is 0 Å². The van der Waals surface area contributed by atoms with Crippen molar-refractivity contribution in [3.8, 4) is 11.1 Å². The van der Waals surface area contributed by atoms with Crippen LogP contribution in [0.15, 0.2) is 30.5 Å². The molecule has 2 amide bonds. The van der Waals surface area contributed by atoms with Crippen LogP contribution in [0.3, 0.4) is 0 Å². The van der Waals surface area contributed by atoms with Gasteiger partial charge in [0.05, 0.1) is 6.04 Å². The summed E-state index contributed by atoms with van der Waals surface area (Å²) in [5.41, 5.74) is 1.27. The molecule has 2 heterocycles. The maximum absolute atomic E-state index is 15.6. The van der Waals surface area contributed by atoms with Gasteiger partial charge >= 0.3 is 0 Å². The number of carbonyl (C=O) groups is 2. The van der Waals surface area contributed by atoms with Gasteiger partial charge < -0.3 is 15.5 Å². The number of aromatic nitrogens is 1. The molecule has 1 aliphatic rings. The van der Waals surface area contributed by atoms with Crippen molar-refractivity contribution in [3.05, 3.63) is 52.6 Å². The Labute approximate surface area is 168 Å². The summed E-state index contributed by atoms with van der Waals surface area (Å²) in [6.45, 7) is 4.48. The molecule has 2 aromatic rings. The number of amides is 2. The van der Waals surface area contributed by atoms with E-state index in [0.717, 1.165) is 0 Å². The van der Waals surface area contributed by atoms with Crippen molar-refractivity contribution >= 4 is 23.4 Å². The summed E-state index contributed by atoms with van der Waals surface area (Å²) in [5.74, 6) is -0.950. The number of carbonyl (C=O) groups excluding carboxylic acids is 2. The number of hydrogen-bond donors (Lipinski definition) is 2. The number of pyridine rings is 1. The van der Waals surface area contributed by atoms with Gasteiger partial charge in [-0.1, -0.05) is 11.6 Å². The minimum absolute atomic E-state index is 0.0705. The first kappa shape index (κ1) is 20.2. The lowest BCUT2D eigenvalue weighted by Crippen LogP contribution is -2.53. The summed E-state index contributed by atoms with van der Waals surface area (Å²) in [5, 5.41) is 6.09. The molecule has 1 saturated heterocycles. The number of nitrogens with zero attached hydrogens (tertiary/aromatic N) is 2. The predicted octanol–water partition coefficient (Wildman–Crippen LogP) is 2.78. The summed E-state index contributed by atoms with van der Waals surface area (Å²) in [6, 6.07) is 5.66. The number of nitrogens with one attached hydrogen (secondary N) is 2. The fourth-order valence-electron chi connectivity index (χ4n) is 3.64. The Hall–Kier alpha value is -2.51. The van der Waals surface area contributed by atoms with E-state index < -0.39 is 11.9 Å². The fourth-order valence-corrected chi connectivity index (χ4v) is 3.86.